The van der Waals surface area contributed by atoms with Crippen LogP contribution in [0.5, 0.6) is 5.75 Å². The predicted molar refractivity (Wildman–Crippen MR) is 104 cm³/mol. The molecule has 0 unspecified atom stereocenters. The van der Waals surface area contributed by atoms with Crippen molar-refractivity contribution in [1.82, 2.24) is 0 Å². The maximum absolute atomic E-state index is 12.2. The summed E-state index contributed by atoms with van der Waals surface area (Å²) in [6, 6.07) is 13.7. The number of hydrogen-bond donors (Lipinski definition) is 2. The van der Waals surface area contributed by atoms with E-state index in [4.69, 9.17) is 9.47 Å². The monoisotopic (exact) mass is 355 g/mol. The number of benzene rings is 2. The standard InChI is InChI=1S/C20H25N3O3/c1-15-3-8-19(25-2)18(13-15)21-14-20(24)22-16-4-6-17(7-5-16)23-9-11-26-12-10-23/h3-8,13,21H,9-12,14H2,1-2H3,(H,22,24). The minimum Gasteiger partial charge on any atom is -0.495 e. The number of nitrogens with one attached hydrogen (secondary N) is 2. The quantitative estimate of drug-likeness (QED) is 0.834. The predicted octanol–water partition coefficient (Wildman–Crippen LogP) is 2.89. The van der Waals surface area contributed by atoms with Crippen LogP contribution >= 0.6 is 0 Å². The number of amides is 1. The van der Waals surface area contributed by atoms with Gasteiger partial charge in [-0.05, 0) is 48.9 Å². The summed E-state index contributed by atoms with van der Waals surface area (Å²) in [6.45, 7) is 5.48. The van der Waals surface area contributed by atoms with Gasteiger partial charge in [-0.2, -0.15) is 0 Å². The van der Waals surface area contributed by atoms with Crippen molar-refractivity contribution < 1.29 is 14.3 Å². The highest BCUT2D eigenvalue weighted by molar-refractivity contribution is 5.94. The first-order valence-electron chi connectivity index (χ1n) is 8.77. The summed E-state index contributed by atoms with van der Waals surface area (Å²) < 4.78 is 10.7. The van der Waals surface area contributed by atoms with Crippen molar-refractivity contribution in [2.24, 2.45) is 0 Å². The van der Waals surface area contributed by atoms with E-state index in [9.17, 15) is 4.79 Å². The third kappa shape index (κ3) is 4.67. The van der Waals surface area contributed by atoms with Gasteiger partial charge in [0.2, 0.25) is 5.91 Å². The molecule has 0 saturated carbocycles. The largest absolute Gasteiger partial charge is 0.495 e. The Morgan fingerprint density at radius 3 is 2.58 bits per heavy atom. The summed E-state index contributed by atoms with van der Waals surface area (Å²) in [6.07, 6.45) is 0. The van der Waals surface area contributed by atoms with Crippen LogP contribution in [0.25, 0.3) is 0 Å². The van der Waals surface area contributed by atoms with E-state index in [0.717, 1.165) is 54.7 Å². The fourth-order valence-electron chi connectivity index (χ4n) is 2.92. The molecule has 2 aromatic carbocycles. The average molecular weight is 355 g/mol. The summed E-state index contributed by atoms with van der Waals surface area (Å²) in [5.41, 5.74) is 3.84. The Bertz CT molecular complexity index is 740. The van der Waals surface area contributed by atoms with Gasteiger partial charge in [0.15, 0.2) is 0 Å². The Hall–Kier alpha value is -2.73. The number of anilines is 3. The molecule has 1 saturated heterocycles. The van der Waals surface area contributed by atoms with Gasteiger partial charge in [-0.15, -0.1) is 0 Å². The second-order valence-corrected chi connectivity index (χ2v) is 6.25. The number of nitrogens with zero attached hydrogens (tertiary/aromatic N) is 1. The zero-order valence-electron chi connectivity index (χ0n) is 15.2. The minimum atomic E-state index is -0.104. The van der Waals surface area contributed by atoms with Gasteiger partial charge in [-0.3, -0.25) is 4.79 Å². The highest BCUT2D eigenvalue weighted by atomic mass is 16.5. The van der Waals surface area contributed by atoms with Crippen molar-refractivity contribution in [3.8, 4) is 5.75 Å². The Labute approximate surface area is 154 Å². The molecule has 3 rings (SSSR count). The molecule has 0 atom stereocenters. The lowest BCUT2D eigenvalue weighted by molar-refractivity contribution is -0.114. The molecule has 6 nitrogen and oxygen atoms in total. The van der Waals surface area contributed by atoms with E-state index >= 15 is 0 Å². The Balaban J connectivity index is 1.54. The number of hydrogen-bond acceptors (Lipinski definition) is 5. The van der Waals surface area contributed by atoms with Crippen LogP contribution in [-0.4, -0.2) is 45.9 Å². The lowest BCUT2D eigenvalue weighted by Crippen LogP contribution is -2.36. The van der Waals surface area contributed by atoms with Gasteiger partial charge in [0.1, 0.15) is 5.75 Å². The van der Waals surface area contributed by atoms with Gasteiger partial charge in [0.25, 0.3) is 0 Å². The molecule has 0 radical (unpaired) electrons. The number of methoxy groups -OCH3 is 1. The summed E-state index contributed by atoms with van der Waals surface area (Å²) in [4.78, 5) is 14.5. The van der Waals surface area contributed by atoms with Gasteiger partial charge >= 0.3 is 0 Å². The molecule has 1 amide bonds. The third-order valence-corrected chi connectivity index (χ3v) is 4.32. The van der Waals surface area contributed by atoms with Crippen LogP contribution in [0.3, 0.4) is 0 Å². The molecule has 1 heterocycles. The number of rotatable bonds is 6. The molecule has 1 aliphatic rings. The number of ether oxygens (including phenoxy) is 2. The molecule has 2 aromatic rings. The van der Waals surface area contributed by atoms with E-state index in [1.54, 1.807) is 7.11 Å². The first-order chi connectivity index (χ1) is 12.7. The zero-order chi connectivity index (χ0) is 18.4. The van der Waals surface area contributed by atoms with Crippen LogP contribution in [0, 0.1) is 6.92 Å². The van der Waals surface area contributed by atoms with Crippen LogP contribution in [0.2, 0.25) is 0 Å². The Morgan fingerprint density at radius 1 is 1.15 bits per heavy atom. The highest BCUT2D eigenvalue weighted by Gasteiger charge is 2.11. The molecule has 0 spiro atoms. The normalized spacial score (nSPS) is 14.0. The van der Waals surface area contributed by atoms with Crippen molar-refractivity contribution in [2.75, 3.05) is 55.5 Å². The number of aryl methyl sites for hydroxylation is 1. The lowest BCUT2D eigenvalue weighted by Gasteiger charge is -2.28. The summed E-state index contributed by atoms with van der Waals surface area (Å²) in [5, 5.41) is 6.04. The molecular weight excluding hydrogens is 330 g/mol. The van der Waals surface area contributed by atoms with Crippen molar-refractivity contribution in [3.05, 3.63) is 48.0 Å². The number of morpholine rings is 1. The Kier molecular flexibility index (Phi) is 5.96. The molecule has 26 heavy (non-hydrogen) atoms. The highest BCUT2D eigenvalue weighted by Crippen LogP contribution is 2.25. The Morgan fingerprint density at radius 2 is 1.88 bits per heavy atom. The second-order valence-electron chi connectivity index (χ2n) is 6.25. The van der Waals surface area contributed by atoms with Crippen molar-refractivity contribution in [3.63, 3.8) is 0 Å². The molecule has 0 bridgehead atoms. The van der Waals surface area contributed by atoms with Crippen LogP contribution in [0.15, 0.2) is 42.5 Å². The molecular formula is C20H25N3O3. The third-order valence-electron chi connectivity index (χ3n) is 4.32. The maximum atomic E-state index is 12.2. The second kappa shape index (κ2) is 8.58. The molecule has 0 aliphatic carbocycles. The fourth-order valence-corrected chi connectivity index (χ4v) is 2.92. The average Bonchev–Trinajstić information content (AvgIpc) is 2.68. The van der Waals surface area contributed by atoms with Gasteiger partial charge < -0.3 is 25.0 Å². The van der Waals surface area contributed by atoms with Gasteiger partial charge in [0.05, 0.1) is 32.6 Å². The maximum Gasteiger partial charge on any atom is 0.243 e. The molecule has 1 aliphatic heterocycles. The van der Waals surface area contributed by atoms with Crippen LogP contribution in [0.4, 0.5) is 17.1 Å². The molecule has 1 fully saturated rings. The van der Waals surface area contributed by atoms with Crippen LogP contribution < -0.4 is 20.3 Å². The van der Waals surface area contributed by atoms with Gasteiger partial charge in [-0.25, -0.2) is 0 Å². The van der Waals surface area contributed by atoms with Gasteiger partial charge in [0, 0.05) is 24.5 Å². The topological polar surface area (TPSA) is 62.8 Å². The van der Waals surface area contributed by atoms with E-state index in [1.165, 1.54) is 0 Å². The SMILES string of the molecule is COc1ccc(C)cc1NCC(=O)Nc1ccc(N2CCOCC2)cc1. The lowest BCUT2D eigenvalue weighted by atomic mass is 10.2. The summed E-state index contributed by atoms with van der Waals surface area (Å²) in [5.74, 6) is 0.617. The number of carbonyl (C=O) groups excluding carboxylic acids is 1. The molecule has 138 valence electrons. The molecule has 2 N–H and O–H groups in total. The number of carbonyl (C=O) groups is 1. The fraction of sp³-hybridized carbons (Fsp3) is 0.350. The molecule has 6 heteroatoms. The van der Waals surface area contributed by atoms with E-state index in [2.05, 4.69) is 15.5 Å². The van der Waals surface area contributed by atoms with Crippen LogP contribution in [-0.2, 0) is 9.53 Å². The van der Waals surface area contributed by atoms with E-state index in [1.807, 2.05) is 49.4 Å². The van der Waals surface area contributed by atoms with Crippen molar-refractivity contribution >= 4 is 23.0 Å². The first kappa shape index (κ1) is 18.1. The van der Waals surface area contributed by atoms with E-state index in [-0.39, 0.29) is 12.5 Å². The first-order valence-corrected chi connectivity index (χ1v) is 8.77. The van der Waals surface area contributed by atoms with Crippen molar-refractivity contribution in [1.29, 1.82) is 0 Å². The zero-order valence-corrected chi connectivity index (χ0v) is 15.2. The minimum absolute atomic E-state index is 0.104. The van der Waals surface area contributed by atoms with E-state index in [0.29, 0.717) is 0 Å². The smallest absolute Gasteiger partial charge is 0.243 e. The van der Waals surface area contributed by atoms with Gasteiger partial charge in [-0.1, -0.05) is 6.07 Å². The van der Waals surface area contributed by atoms with Crippen molar-refractivity contribution in [2.45, 2.75) is 6.92 Å². The molecule has 0 aromatic heterocycles. The summed E-state index contributed by atoms with van der Waals surface area (Å²) in [7, 11) is 1.62. The van der Waals surface area contributed by atoms with Crippen LogP contribution in [0.1, 0.15) is 5.56 Å². The summed E-state index contributed by atoms with van der Waals surface area (Å²) >= 11 is 0. The van der Waals surface area contributed by atoms with E-state index < -0.39 is 0 Å².